The Bertz CT molecular complexity index is 692. The molecule has 0 aliphatic carbocycles. The van der Waals surface area contributed by atoms with Crippen molar-refractivity contribution < 1.29 is 14.3 Å². The van der Waals surface area contributed by atoms with Crippen LogP contribution >= 0.6 is 31.9 Å². The molecule has 150 valence electrons. The van der Waals surface area contributed by atoms with Crippen molar-refractivity contribution in [1.29, 1.82) is 0 Å². The zero-order valence-electron chi connectivity index (χ0n) is 16.6. The lowest BCUT2D eigenvalue weighted by molar-refractivity contribution is -0.121. The summed E-state index contributed by atoms with van der Waals surface area (Å²) in [5.41, 5.74) is 0.468. The van der Waals surface area contributed by atoms with E-state index in [2.05, 4.69) is 45.7 Å². The first-order valence-electron chi connectivity index (χ1n) is 9.37. The van der Waals surface area contributed by atoms with Crippen molar-refractivity contribution in [3.05, 3.63) is 34.3 Å². The Morgan fingerprint density at radius 2 is 1.93 bits per heavy atom. The van der Waals surface area contributed by atoms with Gasteiger partial charge in [0.1, 0.15) is 6.10 Å². The van der Waals surface area contributed by atoms with Crippen molar-refractivity contribution in [2.75, 3.05) is 18.9 Å². The molecule has 1 heterocycles. The summed E-state index contributed by atoms with van der Waals surface area (Å²) in [5, 5.41) is 0.353. The largest absolute Gasteiger partial charge is 0.444 e. The van der Waals surface area contributed by atoms with E-state index >= 15 is 0 Å². The Morgan fingerprint density at radius 1 is 1.26 bits per heavy atom. The molecule has 2 atom stereocenters. The standard InChI is InChI=1S/C21H29Br2NO3/c1-20(2,18-14-24(4)19(26)27-18)10-5-6-11-21(3,17(25)13-22)15-8-7-9-16(23)12-15/h7-9,12,18H,5-6,10-11,13-14H2,1-4H3. The van der Waals surface area contributed by atoms with Gasteiger partial charge in [0.2, 0.25) is 0 Å². The average Bonchev–Trinajstić information content (AvgIpc) is 2.97. The number of hydrogen-bond donors (Lipinski definition) is 0. The van der Waals surface area contributed by atoms with E-state index in [0.29, 0.717) is 11.9 Å². The number of ketones is 1. The fourth-order valence-corrected chi connectivity index (χ4v) is 4.64. The molecular formula is C21H29Br2NO3. The van der Waals surface area contributed by atoms with Crippen LogP contribution in [0.15, 0.2) is 28.7 Å². The highest BCUT2D eigenvalue weighted by Crippen LogP contribution is 2.36. The first-order valence-corrected chi connectivity index (χ1v) is 11.3. The maximum Gasteiger partial charge on any atom is 0.409 e. The fourth-order valence-electron chi connectivity index (χ4n) is 3.62. The van der Waals surface area contributed by atoms with Crippen LogP contribution in [0.25, 0.3) is 0 Å². The maximum absolute atomic E-state index is 12.7. The van der Waals surface area contributed by atoms with Gasteiger partial charge in [-0.1, -0.05) is 70.7 Å². The van der Waals surface area contributed by atoms with Crippen molar-refractivity contribution in [2.45, 2.75) is 58.0 Å². The number of Topliss-reactive ketones (excluding diaryl/α,β-unsaturated/α-hetero) is 1. The number of carbonyl (C=O) groups is 2. The number of unbranched alkanes of at least 4 members (excludes halogenated alkanes) is 1. The van der Waals surface area contributed by atoms with Crippen molar-refractivity contribution in [2.24, 2.45) is 5.41 Å². The van der Waals surface area contributed by atoms with E-state index in [1.165, 1.54) is 0 Å². The zero-order chi connectivity index (χ0) is 20.2. The first kappa shape index (κ1) is 22.4. The van der Waals surface area contributed by atoms with Gasteiger partial charge < -0.3 is 9.64 Å². The molecule has 2 unspecified atom stereocenters. The molecule has 27 heavy (non-hydrogen) atoms. The van der Waals surface area contributed by atoms with E-state index in [-0.39, 0.29) is 23.4 Å². The summed E-state index contributed by atoms with van der Waals surface area (Å²) in [6.07, 6.45) is 3.38. The SMILES string of the molecule is CN1CC(C(C)(C)CCCCC(C)(C(=O)CBr)c2cccc(Br)c2)OC1=O. The lowest BCUT2D eigenvalue weighted by Crippen LogP contribution is -2.34. The Balaban J connectivity index is 1.98. The minimum absolute atomic E-state index is 0.0735. The number of benzene rings is 1. The molecule has 1 aliphatic rings. The molecule has 6 heteroatoms. The second-order valence-corrected chi connectivity index (χ2v) is 9.82. The van der Waals surface area contributed by atoms with Crippen LogP contribution in [-0.2, 0) is 14.9 Å². The highest BCUT2D eigenvalue weighted by Gasteiger charge is 2.40. The Labute approximate surface area is 179 Å². The van der Waals surface area contributed by atoms with Crippen molar-refractivity contribution in [1.82, 2.24) is 4.90 Å². The van der Waals surface area contributed by atoms with Gasteiger partial charge >= 0.3 is 6.09 Å². The van der Waals surface area contributed by atoms with Gasteiger partial charge in [-0.15, -0.1) is 0 Å². The molecule has 1 aromatic rings. The van der Waals surface area contributed by atoms with Crippen LogP contribution in [0.2, 0.25) is 0 Å². The molecule has 0 bridgehead atoms. The molecule has 0 spiro atoms. The van der Waals surface area contributed by atoms with Crippen molar-refractivity contribution >= 4 is 43.7 Å². The van der Waals surface area contributed by atoms with Gasteiger partial charge in [-0.3, -0.25) is 4.79 Å². The summed E-state index contributed by atoms with van der Waals surface area (Å²) in [6, 6.07) is 8.03. The molecule has 4 nitrogen and oxygen atoms in total. The number of halogens is 2. The highest BCUT2D eigenvalue weighted by atomic mass is 79.9. The average molecular weight is 503 g/mol. The highest BCUT2D eigenvalue weighted by molar-refractivity contribution is 9.10. The molecule has 1 amide bonds. The zero-order valence-corrected chi connectivity index (χ0v) is 19.7. The number of amides is 1. The van der Waals surface area contributed by atoms with E-state index in [0.717, 1.165) is 35.7 Å². The number of rotatable bonds is 9. The summed E-state index contributed by atoms with van der Waals surface area (Å²) >= 11 is 6.86. The lowest BCUT2D eigenvalue weighted by Gasteiger charge is -2.31. The molecule has 0 radical (unpaired) electrons. The number of likely N-dealkylation sites (N-methyl/N-ethyl adjacent to an activating group) is 1. The number of hydrogen-bond acceptors (Lipinski definition) is 3. The number of carbonyl (C=O) groups excluding carboxylic acids is 2. The van der Waals surface area contributed by atoms with Gasteiger partial charge in [0, 0.05) is 16.9 Å². The van der Waals surface area contributed by atoms with Crippen LogP contribution in [0.5, 0.6) is 0 Å². The van der Waals surface area contributed by atoms with Gasteiger partial charge in [0.05, 0.1) is 17.3 Å². The van der Waals surface area contributed by atoms with Crippen LogP contribution in [0.1, 0.15) is 52.0 Å². The van der Waals surface area contributed by atoms with Crippen LogP contribution in [0.3, 0.4) is 0 Å². The van der Waals surface area contributed by atoms with E-state index < -0.39 is 5.41 Å². The quantitative estimate of drug-likeness (QED) is 0.321. The Morgan fingerprint density at radius 3 is 2.48 bits per heavy atom. The van der Waals surface area contributed by atoms with Gasteiger partial charge in [-0.25, -0.2) is 4.79 Å². The van der Waals surface area contributed by atoms with Gasteiger partial charge in [-0.05, 0) is 37.5 Å². The summed E-state index contributed by atoms with van der Waals surface area (Å²) in [4.78, 5) is 26.0. The van der Waals surface area contributed by atoms with E-state index in [1.807, 2.05) is 31.2 Å². The molecule has 0 aromatic heterocycles. The van der Waals surface area contributed by atoms with Crippen LogP contribution in [0.4, 0.5) is 4.79 Å². The van der Waals surface area contributed by atoms with Crippen molar-refractivity contribution in [3.63, 3.8) is 0 Å². The third-order valence-corrected chi connectivity index (χ3v) is 6.82. The maximum atomic E-state index is 12.7. The second kappa shape index (κ2) is 9.08. The van der Waals surface area contributed by atoms with Gasteiger partial charge in [-0.2, -0.15) is 0 Å². The monoisotopic (exact) mass is 501 g/mol. The predicted molar refractivity (Wildman–Crippen MR) is 115 cm³/mol. The van der Waals surface area contributed by atoms with E-state index in [4.69, 9.17) is 4.74 Å². The molecular weight excluding hydrogens is 474 g/mol. The molecule has 1 fully saturated rings. The van der Waals surface area contributed by atoms with Crippen LogP contribution < -0.4 is 0 Å². The predicted octanol–water partition coefficient (Wildman–Crippen LogP) is 5.71. The second-order valence-electron chi connectivity index (χ2n) is 8.35. The normalized spacial score (nSPS) is 19.7. The third-order valence-electron chi connectivity index (χ3n) is 5.81. The number of cyclic esters (lactones) is 1. The minimum Gasteiger partial charge on any atom is -0.444 e. The molecule has 1 aromatic carbocycles. The Hall–Kier alpha value is -0.880. The topological polar surface area (TPSA) is 46.6 Å². The smallest absolute Gasteiger partial charge is 0.409 e. The van der Waals surface area contributed by atoms with Crippen LogP contribution in [0, 0.1) is 5.41 Å². The third kappa shape index (κ3) is 5.35. The Kier molecular flexibility index (Phi) is 7.54. The minimum atomic E-state index is -0.503. The van der Waals surface area contributed by atoms with Gasteiger partial charge in [0.25, 0.3) is 0 Å². The molecule has 0 N–H and O–H groups in total. The molecule has 1 aliphatic heterocycles. The summed E-state index contributed by atoms with van der Waals surface area (Å²) < 4.78 is 6.48. The van der Waals surface area contributed by atoms with E-state index in [9.17, 15) is 9.59 Å². The molecule has 0 saturated carbocycles. The number of nitrogens with zero attached hydrogens (tertiary/aromatic N) is 1. The summed E-state index contributed by atoms with van der Waals surface area (Å²) in [5.74, 6) is 0.200. The van der Waals surface area contributed by atoms with E-state index in [1.54, 1.807) is 11.9 Å². The number of ether oxygens (including phenoxy) is 1. The molecule has 1 saturated heterocycles. The summed E-state index contributed by atoms with van der Waals surface area (Å²) in [7, 11) is 1.77. The van der Waals surface area contributed by atoms with Gasteiger partial charge in [0.15, 0.2) is 5.78 Å². The number of alkyl halides is 1. The lowest BCUT2D eigenvalue weighted by atomic mass is 9.74. The first-order chi connectivity index (χ1) is 12.6. The fraction of sp³-hybridized carbons (Fsp3) is 0.619. The summed E-state index contributed by atoms with van der Waals surface area (Å²) in [6.45, 7) is 6.99. The van der Waals surface area contributed by atoms with Crippen molar-refractivity contribution in [3.8, 4) is 0 Å². The van der Waals surface area contributed by atoms with Crippen LogP contribution in [-0.4, -0.2) is 41.8 Å². The molecule has 2 rings (SSSR count).